The van der Waals surface area contributed by atoms with E-state index < -0.39 is 12.1 Å². The van der Waals surface area contributed by atoms with Crippen molar-refractivity contribution in [1.29, 1.82) is 0 Å². The van der Waals surface area contributed by atoms with E-state index in [0.717, 1.165) is 0 Å². The first-order chi connectivity index (χ1) is 12.0. The molecule has 7 heteroatoms. The van der Waals surface area contributed by atoms with Gasteiger partial charge in [-0.2, -0.15) is 5.06 Å². The van der Waals surface area contributed by atoms with E-state index in [-0.39, 0.29) is 11.9 Å². The van der Waals surface area contributed by atoms with E-state index in [1.165, 1.54) is 24.3 Å². The molecule has 3 rings (SSSR count). The van der Waals surface area contributed by atoms with Gasteiger partial charge in [-0.3, -0.25) is 5.21 Å². The number of hydrogen-bond donors (Lipinski definition) is 2. The number of halogens is 1. The van der Waals surface area contributed by atoms with Gasteiger partial charge in [0.1, 0.15) is 29.2 Å². The normalized spacial score (nSPS) is 18.8. The number of amides is 2. The zero-order chi connectivity index (χ0) is 17.8. The van der Waals surface area contributed by atoms with Crippen molar-refractivity contribution in [3.8, 4) is 17.2 Å². The van der Waals surface area contributed by atoms with E-state index in [1.807, 2.05) is 0 Å². The highest BCUT2D eigenvalue weighted by Crippen LogP contribution is 2.28. The number of benzene rings is 2. The summed E-state index contributed by atoms with van der Waals surface area (Å²) >= 11 is 0. The molecule has 0 unspecified atom stereocenters. The maximum atomic E-state index is 12.9. The summed E-state index contributed by atoms with van der Waals surface area (Å²) in [6, 6.07) is 11.3. The largest absolute Gasteiger partial charge is 0.486 e. The van der Waals surface area contributed by atoms with Gasteiger partial charge in [0.2, 0.25) is 0 Å². The summed E-state index contributed by atoms with van der Waals surface area (Å²) in [7, 11) is 0. The Balaban J connectivity index is 1.62. The summed E-state index contributed by atoms with van der Waals surface area (Å²) in [6.45, 7) is 0. The Morgan fingerprint density at radius 3 is 2.56 bits per heavy atom. The van der Waals surface area contributed by atoms with E-state index in [2.05, 4.69) is 0 Å². The molecule has 1 aliphatic carbocycles. The minimum absolute atomic E-state index is 0.305. The molecule has 6 nitrogen and oxygen atoms in total. The second kappa shape index (κ2) is 7.23. The van der Waals surface area contributed by atoms with Crippen LogP contribution in [0.1, 0.15) is 6.42 Å². The van der Waals surface area contributed by atoms with Crippen LogP contribution < -0.4 is 15.2 Å². The van der Waals surface area contributed by atoms with Crippen LogP contribution in [0.2, 0.25) is 0 Å². The van der Waals surface area contributed by atoms with Crippen LogP contribution in [0, 0.1) is 5.82 Å². The number of primary amides is 1. The zero-order valence-corrected chi connectivity index (χ0v) is 13.2. The van der Waals surface area contributed by atoms with E-state index in [0.29, 0.717) is 28.7 Å². The molecule has 0 heterocycles. The quantitative estimate of drug-likeness (QED) is 0.494. The fourth-order valence-electron chi connectivity index (χ4n) is 2.50. The van der Waals surface area contributed by atoms with Gasteiger partial charge in [0, 0.05) is 12.5 Å². The molecule has 2 aromatic rings. The Bertz CT molecular complexity index is 779. The monoisotopic (exact) mass is 344 g/mol. The van der Waals surface area contributed by atoms with Crippen molar-refractivity contribution >= 4 is 6.03 Å². The SMILES string of the molecule is NC(=O)N(O)[C@H]1C=C[C@H](Oc2cccc(Oc3ccc(F)cc3)c2)C1. The zero-order valence-electron chi connectivity index (χ0n) is 13.2. The van der Waals surface area contributed by atoms with Crippen molar-refractivity contribution in [2.24, 2.45) is 5.73 Å². The second-order valence-electron chi connectivity index (χ2n) is 5.56. The van der Waals surface area contributed by atoms with Crippen LogP contribution in [0.5, 0.6) is 17.2 Å². The van der Waals surface area contributed by atoms with Crippen molar-refractivity contribution < 1.29 is 23.9 Å². The van der Waals surface area contributed by atoms with Gasteiger partial charge in [-0.25, -0.2) is 9.18 Å². The fourth-order valence-corrected chi connectivity index (χ4v) is 2.50. The van der Waals surface area contributed by atoms with Crippen LogP contribution in [0.3, 0.4) is 0 Å². The number of carbonyl (C=O) groups excluding carboxylic acids is 1. The lowest BCUT2D eigenvalue weighted by Gasteiger charge is -2.20. The van der Waals surface area contributed by atoms with Gasteiger partial charge in [0.15, 0.2) is 0 Å². The number of rotatable bonds is 5. The van der Waals surface area contributed by atoms with Crippen LogP contribution in [-0.2, 0) is 0 Å². The van der Waals surface area contributed by atoms with Crippen LogP contribution in [0.25, 0.3) is 0 Å². The highest BCUT2D eigenvalue weighted by atomic mass is 19.1. The molecule has 0 aromatic heterocycles. The molecule has 0 saturated heterocycles. The highest BCUT2D eigenvalue weighted by molar-refractivity contribution is 5.71. The molecule has 130 valence electrons. The first-order valence-electron chi connectivity index (χ1n) is 7.67. The average Bonchev–Trinajstić information content (AvgIpc) is 3.05. The molecule has 0 fully saturated rings. The predicted octanol–water partition coefficient (Wildman–Crippen LogP) is 3.46. The summed E-state index contributed by atoms with van der Waals surface area (Å²) in [6.07, 6.45) is 3.50. The second-order valence-corrected chi connectivity index (χ2v) is 5.56. The molecule has 0 radical (unpaired) electrons. The Kier molecular flexibility index (Phi) is 4.85. The number of ether oxygens (including phenoxy) is 2. The third-order valence-electron chi connectivity index (χ3n) is 3.70. The van der Waals surface area contributed by atoms with Crippen LogP contribution >= 0.6 is 0 Å². The average molecular weight is 344 g/mol. The Labute approximate surface area is 143 Å². The molecular formula is C18H17FN2O4. The number of carbonyl (C=O) groups is 1. The summed E-state index contributed by atoms with van der Waals surface area (Å²) in [5.41, 5.74) is 5.04. The number of nitrogens with two attached hydrogens (primary N) is 1. The molecule has 0 spiro atoms. The van der Waals surface area contributed by atoms with Gasteiger partial charge in [-0.15, -0.1) is 0 Å². The molecule has 2 atom stereocenters. The maximum absolute atomic E-state index is 12.9. The molecule has 1 aliphatic rings. The summed E-state index contributed by atoms with van der Waals surface area (Å²) < 4.78 is 24.4. The van der Waals surface area contributed by atoms with Gasteiger partial charge in [0.05, 0.1) is 6.04 Å². The first kappa shape index (κ1) is 16.8. The number of urea groups is 1. The topological polar surface area (TPSA) is 85.0 Å². The number of hydroxylamine groups is 2. The van der Waals surface area contributed by atoms with Crippen LogP contribution in [-0.4, -0.2) is 28.4 Å². The van der Waals surface area contributed by atoms with Crippen LogP contribution in [0.15, 0.2) is 60.7 Å². The van der Waals surface area contributed by atoms with E-state index in [1.54, 1.807) is 36.4 Å². The summed E-state index contributed by atoms with van der Waals surface area (Å²) in [5, 5.41) is 10.0. The Morgan fingerprint density at radius 1 is 1.12 bits per heavy atom. The maximum Gasteiger partial charge on any atom is 0.339 e. The molecule has 0 bridgehead atoms. The van der Waals surface area contributed by atoms with E-state index in [4.69, 9.17) is 15.2 Å². The third kappa shape index (κ3) is 4.27. The van der Waals surface area contributed by atoms with Crippen molar-refractivity contribution in [3.63, 3.8) is 0 Å². The molecule has 2 aromatic carbocycles. The van der Waals surface area contributed by atoms with Crippen molar-refractivity contribution in [3.05, 3.63) is 66.5 Å². The minimum Gasteiger partial charge on any atom is -0.486 e. The standard InChI is InChI=1S/C18H17FN2O4/c19-12-4-7-14(8-5-12)24-15-2-1-3-16(11-15)25-17-9-6-13(10-17)21(23)18(20)22/h1-9,11,13,17,23H,10H2,(H2,20,22)/t13-,17-/m0/s1. The van der Waals surface area contributed by atoms with Crippen LogP contribution in [0.4, 0.5) is 9.18 Å². The third-order valence-corrected chi connectivity index (χ3v) is 3.70. The Morgan fingerprint density at radius 2 is 1.84 bits per heavy atom. The van der Waals surface area contributed by atoms with Crippen molar-refractivity contribution in [2.75, 3.05) is 0 Å². The summed E-state index contributed by atoms with van der Waals surface area (Å²) in [4.78, 5) is 11.0. The molecule has 3 N–H and O–H groups in total. The van der Waals surface area contributed by atoms with Gasteiger partial charge in [-0.05, 0) is 42.5 Å². The van der Waals surface area contributed by atoms with Gasteiger partial charge in [0.25, 0.3) is 0 Å². The van der Waals surface area contributed by atoms with Crippen molar-refractivity contribution in [2.45, 2.75) is 18.6 Å². The first-order valence-corrected chi connectivity index (χ1v) is 7.67. The molecule has 25 heavy (non-hydrogen) atoms. The van der Waals surface area contributed by atoms with E-state index >= 15 is 0 Å². The number of hydrogen-bond acceptors (Lipinski definition) is 4. The molecular weight excluding hydrogens is 327 g/mol. The Hall–Kier alpha value is -3.06. The lowest BCUT2D eigenvalue weighted by atomic mass is 10.2. The van der Waals surface area contributed by atoms with Gasteiger partial charge < -0.3 is 15.2 Å². The number of nitrogens with zero attached hydrogens (tertiary/aromatic N) is 1. The smallest absolute Gasteiger partial charge is 0.339 e. The fraction of sp³-hybridized carbons (Fsp3) is 0.167. The van der Waals surface area contributed by atoms with Gasteiger partial charge >= 0.3 is 6.03 Å². The van der Waals surface area contributed by atoms with E-state index in [9.17, 15) is 14.4 Å². The molecule has 2 amide bonds. The lowest BCUT2D eigenvalue weighted by Crippen LogP contribution is -2.40. The highest BCUT2D eigenvalue weighted by Gasteiger charge is 2.27. The minimum atomic E-state index is -0.912. The van der Waals surface area contributed by atoms with Gasteiger partial charge in [-0.1, -0.05) is 12.1 Å². The molecule has 0 aliphatic heterocycles. The summed E-state index contributed by atoms with van der Waals surface area (Å²) in [5.74, 6) is 1.29. The predicted molar refractivity (Wildman–Crippen MR) is 88.1 cm³/mol. The van der Waals surface area contributed by atoms with Crippen molar-refractivity contribution in [1.82, 2.24) is 5.06 Å². The lowest BCUT2D eigenvalue weighted by molar-refractivity contribution is -0.0645. The molecule has 0 saturated carbocycles.